The van der Waals surface area contributed by atoms with Gasteiger partial charge < -0.3 is 10.1 Å². The van der Waals surface area contributed by atoms with Gasteiger partial charge in [-0.15, -0.1) is 0 Å². The molecule has 0 aliphatic heterocycles. The molecule has 0 radical (unpaired) electrons. The molecule has 4 rings (SSSR count). The third-order valence-electron chi connectivity index (χ3n) is 4.89. The summed E-state index contributed by atoms with van der Waals surface area (Å²) in [4.78, 5) is 16.9. The van der Waals surface area contributed by atoms with Crippen LogP contribution in [-0.2, 0) is 0 Å². The summed E-state index contributed by atoms with van der Waals surface area (Å²) in [6.45, 7) is 0.667. The average Bonchev–Trinajstić information content (AvgIpc) is 3.12. The highest BCUT2D eigenvalue weighted by Gasteiger charge is 2.18. The van der Waals surface area contributed by atoms with Gasteiger partial charge in [-0.2, -0.15) is 5.10 Å². The van der Waals surface area contributed by atoms with E-state index in [0.717, 1.165) is 10.9 Å². The molecule has 0 spiro atoms. The number of hydrogen-bond acceptors (Lipinski definition) is 4. The number of anilines is 1. The van der Waals surface area contributed by atoms with Crippen LogP contribution < -0.4 is 10.1 Å². The lowest BCUT2D eigenvalue weighted by molar-refractivity contribution is 0.102. The van der Waals surface area contributed by atoms with Crippen LogP contribution in [0.15, 0.2) is 42.6 Å². The first-order valence-electron chi connectivity index (χ1n) is 9.13. The lowest BCUT2D eigenvalue weighted by Gasteiger charge is -2.22. The Hall–Kier alpha value is -2.89. The predicted octanol–water partition coefficient (Wildman–Crippen LogP) is 4.17. The van der Waals surface area contributed by atoms with Crippen molar-refractivity contribution < 1.29 is 9.53 Å². The maximum Gasteiger partial charge on any atom is 0.278 e. The van der Waals surface area contributed by atoms with Crippen molar-refractivity contribution in [3.63, 3.8) is 0 Å². The number of carbonyl (C=O) groups is 1. The number of nitrogens with one attached hydrogen (secondary N) is 2. The van der Waals surface area contributed by atoms with Crippen molar-refractivity contribution >= 4 is 22.6 Å². The number of rotatable bonds is 5. The number of hydrogen-bond donors (Lipinski definition) is 2. The number of carbonyl (C=O) groups excluding carboxylic acids is 1. The second-order valence-electron chi connectivity index (χ2n) is 6.74. The van der Waals surface area contributed by atoms with E-state index in [1.165, 1.54) is 32.1 Å². The Morgan fingerprint density at radius 2 is 2.00 bits per heavy atom. The minimum atomic E-state index is -0.302. The first-order chi connectivity index (χ1) is 12.8. The molecule has 1 aromatic carbocycles. The lowest BCUT2D eigenvalue weighted by atomic mass is 9.90. The van der Waals surface area contributed by atoms with Gasteiger partial charge >= 0.3 is 0 Å². The van der Waals surface area contributed by atoms with Crippen molar-refractivity contribution in [1.29, 1.82) is 0 Å². The van der Waals surface area contributed by atoms with Crippen LogP contribution in [0.25, 0.3) is 10.9 Å². The van der Waals surface area contributed by atoms with Crippen LogP contribution in [0.2, 0.25) is 0 Å². The Kier molecular flexibility index (Phi) is 4.82. The van der Waals surface area contributed by atoms with E-state index < -0.39 is 0 Å². The lowest BCUT2D eigenvalue weighted by Crippen LogP contribution is -2.18. The summed E-state index contributed by atoms with van der Waals surface area (Å²) in [6, 6.07) is 11.2. The molecule has 0 unspecified atom stereocenters. The van der Waals surface area contributed by atoms with E-state index >= 15 is 0 Å². The smallest absolute Gasteiger partial charge is 0.278 e. The number of aromatic amines is 1. The largest absolute Gasteiger partial charge is 0.489 e. The topological polar surface area (TPSA) is 79.9 Å². The van der Waals surface area contributed by atoms with E-state index in [9.17, 15) is 4.79 Å². The van der Waals surface area contributed by atoms with E-state index in [0.29, 0.717) is 29.8 Å². The molecular formula is C20H22N4O2. The molecule has 0 saturated heterocycles. The summed E-state index contributed by atoms with van der Waals surface area (Å²) in [7, 11) is 0. The number of benzene rings is 1. The van der Waals surface area contributed by atoms with E-state index in [4.69, 9.17) is 4.74 Å². The maximum absolute atomic E-state index is 12.7. The monoisotopic (exact) mass is 350 g/mol. The molecule has 1 amide bonds. The predicted molar refractivity (Wildman–Crippen MR) is 100 cm³/mol. The summed E-state index contributed by atoms with van der Waals surface area (Å²) in [5, 5.41) is 10.6. The van der Waals surface area contributed by atoms with Crippen molar-refractivity contribution in [1.82, 2.24) is 15.2 Å². The number of para-hydroxylation sites is 1. The third-order valence-corrected chi connectivity index (χ3v) is 4.89. The zero-order valence-corrected chi connectivity index (χ0v) is 14.6. The first-order valence-corrected chi connectivity index (χ1v) is 9.13. The van der Waals surface area contributed by atoms with Gasteiger partial charge in [0, 0.05) is 11.6 Å². The van der Waals surface area contributed by atoms with Crippen LogP contribution in [-0.4, -0.2) is 27.7 Å². The Labute approximate surface area is 152 Å². The minimum absolute atomic E-state index is 0.302. The number of fused-ring (bicyclic) bond motifs is 1. The van der Waals surface area contributed by atoms with Crippen molar-refractivity contribution in [2.75, 3.05) is 11.9 Å². The molecule has 6 heteroatoms. The molecular weight excluding hydrogens is 328 g/mol. The number of ether oxygens (including phenoxy) is 1. The van der Waals surface area contributed by atoms with E-state index in [2.05, 4.69) is 20.5 Å². The summed E-state index contributed by atoms with van der Waals surface area (Å²) in [5.74, 6) is 1.32. The Morgan fingerprint density at radius 3 is 2.88 bits per heavy atom. The summed E-state index contributed by atoms with van der Waals surface area (Å²) >= 11 is 0. The van der Waals surface area contributed by atoms with Gasteiger partial charge in [-0.25, -0.2) is 4.98 Å². The quantitative estimate of drug-likeness (QED) is 0.724. The summed E-state index contributed by atoms with van der Waals surface area (Å²) in [5.41, 5.74) is 1.18. The molecule has 1 saturated carbocycles. The van der Waals surface area contributed by atoms with Crippen LogP contribution in [0.4, 0.5) is 5.82 Å². The Balaban J connectivity index is 1.48. The highest BCUT2D eigenvalue weighted by Crippen LogP contribution is 2.27. The van der Waals surface area contributed by atoms with Crippen LogP contribution >= 0.6 is 0 Å². The normalized spacial score (nSPS) is 15.1. The van der Waals surface area contributed by atoms with E-state index in [1.807, 2.05) is 36.4 Å². The second kappa shape index (κ2) is 7.56. The highest BCUT2D eigenvalue weighted by atomic mass is 16.5. The molecule has 2 heterocycles. The fraction of sp³-hybridized carbons (Fsp3) is 0.350. The molecule has 3 aromatic rings. The van der Waals surface area contributed by atoms with Gasteiger partial charge in [0.05, 0.1) is 12.1 Å². The zero-order valence-electron chi connectivity index (χ0n) is 14.6. The SMILES string of the molecule is O=C(Nc1ncccc1OCC1CCCCC1)c1n[nH]c2ccccc12. The molecule has 26 heavy (non-hydrogen) atoms. The zero-order chi connectivity index (χ0) is 17.8. The minimum Gasteiger partial charge on any atom is -0.489 e. The van der Waals surface area contributed by atoms with E-state index in [1.54, 1.807) is 6.20 Å². The number of amides is 1. The Morgan fingerprint density at radius 1 is 1.15 bits per heavy atom. The van der Waals surface area contributed by atoms with Crippen molar-refractivity contribution in [2.24, 2.45) is 5.92 Å². The Bertz CT molecular complexity index is 899. The van der Waals surface area contributed by atoms with Crippen molar-refractivity contribution in [3.05, 3.63) is 48.3 Å². The van der Waals surface area contributed by atoms with E-state index in [-0.39, 0.29) is 5.91 Å². The van der Waals surface area contributed by atoms with Crippen LogP contribution in [0.1, 0.15) is 42.6 Å². The molecule has 2 aromatic heterocycles. The van der Waals surface area contributed by atoms with Crippen molar-refractivity contribution in [2.45, 2.75) is 32.1 Å². The molecule has 1 aliphatic rings. The molecule has 0 bridgehead atoms. The number of aromatic nitrogens is 3. The van der Waals surface area contributed by atoms with Gasteiger partial charge in [-0.1, -0.05) is 37.5 Å². The van der Waals surface area contributed by atoms with Crippen LogP contribution in [0, 0.1) is 5.92 Å². The van der Waals surface area contributed by atoms with Crippen LogP contribution in [0.5, 0.6) is 5.75 Å². The van der Waals surface area contributed by atoms with Crippen molar-refractivity contribution in [3.8, 4) is 5.75 Å². The van der Waals surface area contributed by atoms with Gasteiger partial charge in [0.25, 0.3) is 5.91 Å². The van der Waals surface area contributed by atoms with Gasteiger partial charge in [-0.3, -0.25) is 9.89 Å². The third kappa shape index (κ3) is 3.54. The molecule has 6 nitrogen and oxygen atoms in total. The molecule has 1 aliphatic carbocycles. The molecule has 2 N–H and O–H groups in total. The number of pyridine rings is 1. The molecule has 1 fully saturated rings. The number of nitrogens with zero attached hydrogens (tertiary/aromatic N) is 2. The highest BCUT2D eigenvalue weighted by molar-refractivity contribution is 6.11. The molecule has 0 atom stereocenters. The average molecular weight is 350 g/mol. The summed E-state index contributed by atoms with van der Waals surface area (Å²) in [6.07, 6.45) is 7.93. The maximum atomic E-state index is 12.7. The standard InChI is InChI=1S/C20H22N4O2/c25-20(18-15-9-4-5-10-16(15)23-24-18)22-19-17(11-6-12-21-19)26-13-14-7-2-1-3-8-14/h4-6,9-12,14H,1-3,7-8,13H2,(H,23,24)(H,21,22,25). The fourth-order valence-corrected chi connectivity index (χ4v) is 3.47. The van der Waals surface area contributed by atoms with Gasteiger partial charge in [0.2, 0.25) is 0 Å². The van der Waals surface area contributed by atoms with Crippen LogP contribution in [0.3, 0.4) is 0 Å². The number of H-pyrrole nitrogens is 1. The second-order valence-corrected chi connectivity index (χ2v) is 6.74. The van der Waals surface area contributed by atoms with Gasteiger partial charge in [-0.05, 0) is 37.0 Å². The molecule has 134 valence electrons. The summed E-state index contributed by atoms with van der Waals surface area (Å²) < 4.78 is 5.98. The van der Waals surface area contributed by atoms with Gasteiger partial charge in [0.15, 0.2) is 17.3 Å². The first kappa shape index (κ1) is 16.6. The van der Waals surface area contributed by atoms with Gasteiger partial charge in [0.1, 0.15) is 0 Å². The fourth-order valence-electron chi connectivity index (χ4n) is 3.47.